The first-order chi connectivity index (χ1) is 10.0. The summed E-state index contributed by atoms with van der Waals surface area (Å²) in [4.78, 5) is 29.1. The Morgan fingerprint density at radius 3 is 2.52 bits per heavy atom. The predicted octanol–water partition coefficient (Wildman–Crippen LogP) is -0.198. The van der Waals surface area contributed by atoms with E-state index in [-0.39, 0.29) is 23.8 Å². The number of β-amino-alcohol motifs (C(OH)–C–C–N with tert-alkyl or cyclic N) is 1. The van der Waals surface area contributed by atoms with Gasteiger partial charge < -0.3 is 15.1 Å². The molecule has 1 aromatic heterocycles. The molecule has 1 saturated heterocycles. The van der Waals surface area contributed by atoms with E-state index in [1.807, 2.05) is 4.90 Å². The number of anilines is 1. The number of rotatable bonds is 5. The van der Waals surface area contributed by atoms with Gasteiger partial charge in [-0.25, -0.2) is 9.78 Å². The number of aliphatic hydroxyl groups excluding tert-OH is 1. The summed E-state index contributed by atoms with van der Waals surface area (Å²) in [5.74, 6) is -1.13. The van der Waals surface area contributed by atoms with Crippen LogP contribution in [0.4, 0.5) is 11.5 Å². The lowest BCUT2D eigenvalue weighted by molar-refractivity contribution is -0.384. The number of aliphatic hydroxyl groups is 1. The molecule has 1 fully saturated rings. The molecule has 0 spiro atoms. The number of carboxylic acids is 1. The smallest absolute Gasteiger partial charge is 0.354 e. The van der Waals surface area contributed by atoms with Gasteiger partial charge >= 0.3 is 11.7 Å². The fraction of sp³-hybridized carbons (Fsp3) is 0.500. The van der Waals surface area contributed by atoms with Crippen LogP contribution in [-0.2, 0) is 0 Å². The summed E-state index contributed by atoms with van der Waals surface area (Å²) in [7, 11) is 0. The third-order valence-corrected chi connectivity index (χ3v) is 3.36. The molecule has 0 aromatic carbocycles. The van der Waals surface area contributed by atoms with Gasteiger partial charge in [0.15, 0.2) is 5.69 Å². The van der Waals surface area contributed by atoms with Gasteiger partial charge in [-0.3, -0.25) is 15.0 Å². The molecule has 114 valence electrons. The number of nitro groups is 1. The first kappa shape index (κ1) is 15.1. The Hall–Kier alpha value is -2.26. The van der Waals surface area contributed by atoms with E-state index in [2.05, 4.69) is 4.98 Å². The zero-order valence-electron chi connectivity index (χ0n) is 11.3. The van der Waals surface area contributed by atoms with Crippen molar-refractivity contribution in [1.82, 2.24) is 9.88 Å². The highest BCUT2D eigenvalue weighted by Crippen LogP contribution is 2.27. The average Bonchev–Trinajstić information content (AvgIpc) is 2.47. The SMILES string of the molecule is O=C(O)c1ccc([N+](=O)[O-])c(N2CCN(CCO)CC2)n1. The van der Waals surface area contributed by atoms with Gasteiger partial charge in [-0.1, -0.05) is 0 Å². The van der Waals surface area contributed by atoms with Crippen LogP contribution in [0.1, 0.15) is 10.5 Å². The molecular weight excluding hydrogens is 280 g/mol. The minimum Gasteiger partial charge on any atom is -0.477 e. The summed E-state index contributed by atoms with van der Waals surface area (Å²) < 4.78 is 0. The number of hydrogen-bond donors (Lipinski definition) is 2. The van der Waals surface area contributed by atoms with Gasteiger partial charge in [-0.05, 0) is 6.07 Å². The highest BCUT2D eigenvalue weighted by atomic mass is 16.6. The van der Waals surface area contributed by atoms with E-state index in [9.17, 15) is 14.9 Å². The van der Waals surface area contributed by atoms with Crippen LogP contribution < -0.4 is 4.90 Å². The van der Waals surface area contributed by atoms with E-state index in [0.29, 0.717) is 32.7 Å². The van der Waals surface area contributed by atoms with Gasteiger partial charge in [-0.15, -0.1) is 0 Å². The number of pyridine rings is 1. The second-order valence-electron chi connectivity index (χ2n) is 4.65. The van der Waals surface area contributed by atoms with Crippen molar-refractivity contribution >= 4 is 17.5 Å². The van der Waals surface area contributed by atoms with E-state index >= 15 is 0 Å². The summed E-state index contributed by atoms with van der Waals surface area (Å²) in [6.07, 6.45) is 0. The Morgan fingerprint density at radius 1 is 1.33 bits per heavy atom. The van der Waals surface area contributed by atoms with Gasteiger partial charge in [0, 0.05) is 38.8 Å². The summed E-state index contributed by atoms with van der Waals surface area (Å²) in [6.45, 7) is 2.88. The molecule has 21 heavy (non-hydrogen) atoms. The number of aromatic carboxylic acids is 1. The molecule has 0 amide bonds. The van der Waals surface area contributed by atoms with E-state index in [4.69, 9.17) is 10.2 Å². The molecule has 9 nitrogen and oxygen atoms in total. The monoisotopic (exact) mass is 296 g/mol. The first-order valence-electron chi connectivity index (χ1n) is 6.50. The zero-order chi connectivity index (χ0) is 15.4. The lowest BCUT2D eigenvalue weighted by Gasteiger charge is -2.34. The molecule has 1 aliphatic heterocycles. The Kier molecular flexibility index (Phi) is 4.66. The normalized spacial score (nSPS) is 16.0. The zero-order valence-corrected chi connectivity index (χ0v) is 11.3. The number of nitrogens with zero attached hydrogens (tertiary/aromatic N) is 4. The predicted molar refractivity (Wildman–Crippen MR) is 73.6 cm³/mol. The molecule has 0 unspecified atom stereocenters. The van der Waals surface area contributed by atoms with Gasteiger partial charge in [0.25, 0.3) is 0 Å². The van der Waals surface area contributed by atoms with Crippen molar-refractivity contribution in [3.05, 3.63) is 27.9 Å². The highest BCUT2D eigenvalue weighted by molar-refractivity contribution is 5.86. The number of carboxylic acid groups (broad SMARTS) is 1. The van der Waals surface area contributed by atoms with Gasteiger partial charge in [-0.2, -0.15) is 0 Å². The van der Waals surface area contributed by atoms with E-state index < -0.39 is 10.9 Å². The van der Waals surface area contributed by atoms with Crippen molar-refractivity contribution in [2.45, 2.75) is 0 Å². The van der Waals surface area contributed by atoms with Crippen molar-refractivity contribution in [3.63, 3.8) is 0 Å². The van der Waals surface area contributed by atoms with E-state index in [0.717, 1.165) is 6.07 Å². The van der Waals surface area contributed by atoms with Crippen molar-refractivity contribution in [2.24, 2.45) is 0 Å². The molecule has 1 aliphatic rings. The van der Waals surface area contributed by atoms with Crippen molar-refractivity contribution in [3.8, 4) is 0 Å². The summed E-state index contributed by atoms with van der Waals surface area (Å²) in [5.41, 5.74) is -0.413. The number of hydrogen-bond acceptors (Lipinski definition) is 7. The minimum absolute atomic E-state index is 0.0624. The van der Waals surface area contributed by atoms with Crippen molar-refractivity contribution in [2.75, 3.05) is 44.2 Å². The quantitative estimate of drug-likeness (QED) is 0.566. The van der Waals surface area contributed by atoms with Gasteiger partial charge in [0.1, 0.15) is 0 Å². The Labute approximate surface area is 120 Å². The van der Waals surface area contributed by atoms with Crippen LogP contribution in [-0.4, -0.2) is 70.3 Å². The molecule has 2 N–H and O–H groups in total. The standard InChI is InChI=1S/C12H16N4O5/c17-8-7-14-3-5-15(6-4-14)11-10(16(20)21)2-1-9(13-11)12(18)19/h1-2,17H,3-8H2,(H,18,19). The van der Waals surface area contributed by atoms with Gasteiger partial charge in [0.2, 0.25) is 5.82 Å². The van der Waals surface area contributed by atoms with E-state index in [1.165, 1.54) is 6.07 Å². The molecule has 0 atom stereocenters. The number of piperazine rings is 1. The van der Waals surface area contributed by atoms with Crippen LogP contribution in [0.2, 0.25) is 0 Å². The second-order valence-corrected chi connectivity index (χ2v) is 4.65. The molecule has 0 bridgehead atoms. The second kappa shape index (κ2) is 6.46. The van der Waals surface area contributed by atoms with Crippen molar-refractivity contribution in [1.29, 1.82) is 0 Å². The van der Waals surface area contributed by atoms with Crippen LogP contribution in [0.25, 0.3) is 0 Å². The van der Waals surface area contributed by atoms with Crippen LogP contribution in [0.5, 0.6) is 0 Å². The largest absolute Gasteiger partial charge is 0.477 e. The summed E-state index contributed by atoms with van der Waals surface area (Å²) in [6, 6.07) is 2.30. The Morgan fingerprint density at radius 2 is 2.00 bits per heavy atom. The first-order valence-corrected chi connectivity index (χ1v) is 6.50. The number of aromatic nitrogens is 1. The van der Waals surface area contributed by atoms with Crippen LogP contribution in [0.15, 0.2) is 12.1 Å². The molecule has 0 aliphatic carbocycles. The third-order valence-electron chi connectivity index (χ3n) is 3.36. The average molecular weight is 296 g/mol. The maximum Gasteiger partial charge on any atom is 0.354 e. The molecule has 0 saturated carbocycles. The lowest BCUT2D eigenvalue weighted by Crippen LogP contribution is -2.47. The van der Waals surface area contributed by atoms with Crippen LogP contribution in [0, 0.1) is 10.1 Å². The summed E-state index contributed by atoms with van der Waals surface area (Å²) in [5, 5.41) is 28.9. The molecule has 9 heteroatoms. The van der Waals surface area contributed by atoms with Crippen LogP contribution in [0.3, 0.4) is 0 Å². The van der Waals surface area contributed by atoms with Crippen molar-refractivity contribution < 1.29 is 19.9 Å². The fourth-order valence-electron chi connectivity index (χ4n) is 2.26. The molecule has 0 radical (unpaired) electrons. The maximum atomic E-state index is 11.1. The van der Waals surface area contributed by atoms with Crippen LogP contribution >= 0.6 is 0 Å². The molecular formula is C12H16N4O5. The highest BCUT2D eigenvalue weighted by Gasteiger charge is 2.26. The lowest BCUT2D eigenvalue weighted by atomic mass is 10.2. The molecule has 2 heterocycles. The number of carbonyl (C=O) groups is 1. The maximum absolute atomic E-state index is 11.1. The minimum atomic E-state index is -1.22. The van der Waals surface area contributed by atoms with E-state index in [1.54, 1.807) is 4.90 Å². The Balaban J connectivity index is 2.23. The third kappa shape index (κ3) is 3.44. The summed E-state index contributed by atoms with van der Waals surface area (Å²) >= 11 is 0. The fourth-order valence-corrected chi connectivity index (χ4v) is 2.26. The topological polar surface area (TPSA) is 120 Å². The molecule has 2 rings (SSSR count). The van der Waals surface area contributed by atoms with Gasteiger partial charge in [0.05, 0.1) is 11.5 Å². The Bertz CT molecular complexity index is 542. The molecule has 1 aromatic rings.